The number of amides is 3. The summed E-state index contributed by atoms with van der Waals surface area (Å²) in [5.74, 6) is 0.803. The first-order valence-corrected chi connectivity index (χ1v) is 8.90. The Balaban J connectivity index is 1.41. The fraction of sp³-hybridized carbons (Fsp3) is 0.579. The summed E-state index contributed by atoms with van der Waals surface area (Å²) >= 11 is 0. The van der Waals surface area contributed by atoms with Gasteiger partial charge in [0.05, 0.1) is 6.10 Å². The van der Waals surface area contributed by atoms with Crippen molar-refractivity contribution in [1.29, 1.82) is 0 Å². The average Bonchev–Trinajstić information content (AvgIpc) is 2.96. The number of ether oxygens (including phenoxy) is 1. The molecule has 3 aliphatic rings. The molecule has 3 unspecified atom stereocenters. The molecule has 1 aromatic rings. The third kappa shape index (κ3) is 2.81. The largest absolute Gasteiger partial charge is 0.376 e. The molecule has 0 bridgehead atoms. The van der Waals surface area contributed by atoms with Crippen LogP contribution in [-0.2, 0) is 16.0 Å². The van der Waals surface area contributed by atoms with E-state index >= 15 is 0 Å². The molecule has 5 heteroatoms. The van der Waals surface area contributed by atoms with Crippen LogP contribution in [0.1, 0.15) is 36.8 Å². The number of carbonyl (C=O) groups excluding carboxylic acids is 2. The van der Waals surface area contributed by atoms with Crippen LogP contribution in [0.2, 0.25) is 0 Å². The first-order valence-electron chi connectivity index (χ1n) is 8.90. The molecule has 0 saturated carbocycles. The molecule has 24 heavy (non-hydrogen) atoms. The van der Waals surface area contributed by atoms with E-state index in [0.29, 0.717) is 32.0 Å². The van der Waals surface area contributed by atoms with Crippen molar-refractivity contribution < 1.29 is 14.3 Å². The summed E-state index contributed by atoms with van der Waals surface area (Å²) in [7, 11) is 0. The Hall–Kier alpha value is -1.88. The van der Waals surface area contributed by atoms with Crippen molar-refractivity contribution in [1.82, 2.24) is 9.80 Å². The predicted molar refractivity (Wildman–Crippen MR) is 89.7 cm³/mol. The molecular weight excluding hydrogens is 304 g/mol. The first-order chi connectivity index (χ1) is 11.6. The Morgan fingerprint density at radius 3 is 2.79 bits per heavy atom. The van der Waals surface area contributed by atoms with E-state index in [2.05, 4.69) is 19.1 Å². The van der Waals surface area contributed by atoms with Gasteiger partial charge in [0.2, 0.25) is 5.91 Å². The Morgan fingerprint density at radius 2 is 2.04 bits per heavy atom. The van der Waals surface area contributed by atoms with E-state index in [1.54, 1.807) is 4.90 Å². The second-order valence-electron chi connectivity index (χ2n) is 7.38. The number of hydrogen-bond donors (Lipinski definition) is 0. The minimum absolute atomic E-state index is 0.0404. The standard InChI is InChI=1S/C19H24N2O3/c1-13-8-16(24-12-13)11-20-7-6-18(22)21(19(20)23)10-15-9-14-4-2-3-5-17(14)15/h2-5,13,15-16H,6-12H2,1H3. The Kier molecular flexibility index (Phi) is 4.04. The molecule has 1 aliphatic carbocycles. The zero-order chi connectivity index (χ0) is 16.7. The lowest BCUT2D eigenvalue weighted by Gasteiger charge is -2.39. The summed E-state index contributed by atoms with van der Waals surface area (Å²) in [5.41, 5.74) is 2.62. The number of hydrogen-bond acceptors (Lipinski definition) is 3. The summed E-state index contributed by atoms with van der Waals surface area (Å²) in [6.45, 7) is 4.57. The van der Waals surface area contributed by atoms with Crippen LogP contribution in [0.25, 0.3) is 0 Å². The van der Waals surface area contributed by atoms with Crippen molar-refractivity contribution in [3.8, 4) is 0 Å². The number of urea groups is 1. The van der Waals surface area contributed by atoms with E-state index in [4.69, 9.17) is 4.74 Å². The summed E-state index contributed by atoms with van der Waals surface area (Å²) in [4.78, 5) is 28.3. The lowest BCUT2D eigenvalue weighted by molar-refractivity contribution is -0.131. The fourth-order valence-corrected chi connectivity index (χ4v) is 4.09. The third-order valence-corrected chi connectivity index (χ3v) is 5.47. The average molecular weight is 328 g/mol. The van der Waals surface area contributed by atoms with Crippen molar-refractivity contribution in [2.24, 2.45) is 5.92 Å². The monoisotopic (exact) mass is 328 g/mol. The predicted octanol–water partition coefficient (Wildman–Crippen LogP) is 2.41. The number of imide groups is 1. The summed E-state index contributed by atoms with van der Waals surface area (Å²) in [6, 6.07) is 8.15. The van der Waals surface area contributed by atoms with E-state index in [1.165, 1.54) is 16.0 Å². The third-order valence-electron chi connectivity index (χ3n) is 5.47. The van der Waals surface area contributed by atoms with Gasteiger partial charge in [0.25, 0.3) is 0 Å². The summed E-state index contributed by atoms with van der Waals surface area (Å²) in [5, 5.41) is 0. The van der Waals surface area contributed by atoms with Gasteiger partial charge in [-0.3, -0.25) is 9.69 Å². The van der Waals surface area contributed by atoms with Gasteiger partial charge in [-0.2, -0.15) is 0 Å². The highest BCUT2D eigenvalue weighted by Crippen LogP contribution is 2.36. The molecule has 1 aromatic carbocycles. The van der Waals surface area contributed by atoms with Gasteiger partial charge >= 0.3 is 6.03 Å². The molecule has 3 amide bonds. The van der Waals surface area contributed by atoms with E-state index in [0.717, 1.165) is 19.4 Å². The summed E-state index contributed by atoms with van der Waals surface area (Å²) < 4.78 is 5.74. The van der Waals surface area contributed by atoms with Gasteiger partial charge in [0, 0.05) is 38.6 Å². The van der Waals surface area contributed by atoms with Gasteiger partial charge in [0.1, 0.15) is 0 Å². The highest BCUT2D eigenvalue weighted by Gasteiger charge is 2.38. The van der Waals surface area contributed by atoms with Crippen LogP contribution in [0.4, 0.5) is 4.79 Å². The lowest BCUT2D eigenvalue weighted by atomic mass is 9.77. The fourth-order valence-electron chi connectivity index (χ4n) is 4.09. The molecule has 2 fully saturated rings. The second-order valence-corrected chi connectivity index (χ2v) is 7.38. The maximum absolute atomic E-state index is 12.8. The quantitative estimate of drug-likeness (QED) is 0.853. The SMILES string of the molecule is CC1COC(CN2CCC(=O)N(CC3Cc4ccccc43)C2=O)C1. The van der Waals surface area contributed by atoms with Crippen LogP contribution in [0.15, 0.2) is 24.3 Å². The molecule has 2 heterocycles. The number of nitrogens with zero attached hydrogens (tertiary/aromatic N) is 2. The van der Waals surface area contributed by atoms with Crippen LogP contribution in [0, 0.1) is 5.92 Å². The van der Waals surface area contributed by atoms with Crippen molar-refractivity contribution in [2.75, 3.05) is 26.2 Å². The van der Waals surface area contributed by atoms with Gasteiger partial charge in [-0.05, 0) is 29.9 Å². The minimum atomic E-state index is -0.140. The molecule has 5 nitrogen and oxygen atoms in total. The molecule has 2 saturated heterocycles. The summed E-state index contributed by atoms with van der Waals surface area (Å²) in [6.07, 6.45) is 2.48. The van der Waals surface area contributed by atoms with Gasteiger partial charge in [0.15, 0.2) is 0 Å². The van der Waals surface area contributed by atoms with Gasteiger partial charge in [-0.15, -0.1) is 0 Å². The van der Waals surface area contributed by atoms with Gasteiger partial charge in [-0.25, -0.2) is 4.79 Å². The second kappa shape index (κ2) is 6.20. The lowest BCUT2D eigenvalue weighted by Crippen LogP contribution is -2.55. The van der Waals surface area contributed by atoms with Crippen molar-refractivity contribution in [3.05, 3.63) is 35.4 Å². The Labute approximate surface area is 142 Å². The molecular formula is C19H24N2O3. The minimum Gasteiger partial charge on any atom is -0.376 e. The molecule has 128 valence electrons. The number of rotatable bonds is 4. The van der Waals surface area contributed by atoms with Crippen LogP contribution < -0.4 is 0 Å². The first kappa shape index (κ1) is 15.6. The molecule has 2 aliphatic heterocycles. The molecule has 0 N–H and O–H groups in total. The van der Waals surface area contributed by atoms with Crippen LogP contribution in [0.5, 0.6) is 0 Å². The Morgan fingerprint density at radius 1 is 1.21 bits per heavy atom. The smallest absolute Gasteiger partial charge is 0.326 e. The normalized spacial score (nSPS) is 29.6. The Bertz CT molecular complexity index is 660. The zero-order valence-electron chi connectivity index (χ0n) is 14.1. The topological polar surface area (TPSA) is 49.9 Å². The molecule has 0 aromatic heterocycles. The maximum Gasteiger partial charge on any atom is 0.326 e. The van der Waals surface area contributed by atoms with E-state index in [1.807, 2.05) is 12.1 Å². The number of benzene rings is 1. The van der Waals surface area contributed by atoms with Crippen molar-refractivity contribution in [2.45, 2.75) is 38.2 Å². The van der Waals surface area contributed by atoms with Gasteiger partial charge < -0.3 is 9.64 Å². The van der Waals surface area contributed by atoms with Crippen molar-refractivity contribution >= 4 is 11.9 Å². The van der Waals surface area contributed by atoms with E-state index in [9.17, 15) is 9.59 Å². The highest BCUT2D eigenvalue weighted by atomic mass is 16.5. The van der Waals surface area contributed by atoms with Crippen LogP contribution in [-0.4, -0.2) is 54.1 Å². The van der Waals surface area contributed by atoms with Crippen LogP contribution >= 0.6 is 0 Å². The van der Waals surface area contributed by atoms with E-state index in [-0.39, 0.29) is 24.0 Å². The molecule has 0 spiro atoms. The van der Waals surface area contributed by atoms with Crippen molar-refractivity contribution in [3.63, 3.8) is 0 Å². The van der Waals surface area contributed by atoms with E-state index < -0.39 is 0 Å². The molecule has 3 atom stereocenters. The van der Waals surface area contributed by atoms with Crippen LogP contribution in [0.3, 0.4) is 0 Å². The van der Waals surface area contributed by atoms with Gasteiger partial charge in [-0.1, -0.05) is 31.2 Å². The number of carbonyl (C=O) groups is 2. The molecule has 4 rings (SSSR count). The highest BCUT2D eigenvalue weighted by molar-refractivity contribution is 5.97. The molecule has 0 radical (unpaired) electrons. The zero-order valence-corrected chi connectivity index (χ0v) is 14.1. The number of fused-ring (bicyclic) bond motifs is 1. The maximum atomic E-state index is 12.8.